The molecule has 0 bridgehead atoms. The number of aromatic nitrogens is 3. The molecule has 0 spiro atoms. The summed E-state index contributed by atoms with van der Waals surface area (Å²) >= 11 is 2.82. The largest absolute Gasteiger partial charge is 0.493 e. The number of methoxy groups -OCH3 is 3. The maximum Gasteiger partial charge on any atom is 0.234 e. The molecule has 0 unspecified atom stereocenters. The van der Waals surface area contributed by atoms with E-state index in [1.165, 1.54) is 50.8 Å². The highest BCUT2D eigenvalue weighted by Crippen LogP contribution is 2.40. The number of nitrogens with one attached hydrogen (secondary N) is 1. The first-order valence-corrected chi connectivity index (χ1v) is 10.3. The van der Waals surface area contributed by atoms with Gasteiger partial charge in [0, 0.05) is 31.9 Å². The van der Waals surface area contributed by atoms with E-state index >= 15 is 0 Å². The van der Waals surface area contributed by atoms with Crippen molar-refractivity contribution in [2.75, 3.05) is 51.4 Å². The van der Waals surface area contributed by atoms with E-state index in [2.05, 4.69) is 20.3 Å². The number of nitrogens with zero attached hydrogens (tertiary/aromatic N) is 4. The summed E-state index contributed by atoms with van der Waals surface area (Å²) in [5, 5.41) is 4.41. The van der Waals surface area contributed by atoms with Crippen molar-refractivity contribution in [3.05, 3.63) is 18.5 Å². The van der Waals surface area contributed by atoms with Crippen LogP contribution in [0.2, 0.25) is 0 Å². The number of thioether (sulfide) groups is 1. The van der Waals surface area contributed by atoms with Crippen LogP contribution in [0.3, 0.4) is 0 Å². The van der Waals surface area contributed by atoms with E-state index in [0.29, 0.717) is 28.6 Å². The Labute approximate surface area is 176 Å². The van der Waals surface area contributed by atoms with Crippen LogP contribution in [0.1, 0.15) is 0 Å². The van der Waals surface area contributed by atoms with E-state index in [-0.39, 0.29) is 11.7 Å². The third kappa shape index (κ3) is 4.62. The lowest BCUT2D eigenvalue weighted by atomic mass is 10.2. The molecular formula is C18H21N5O4S2. The van der Waals surface area contributed by atoms with Crippen LogP contribution < -0.4 is 24.4 Å². The Balaban J connectivity index is 1.73. The summed E-state index contributed by atoms with van der Waals surface area (Å²) in [4.78, 5) is 27.4. The molecule has 0 aliphatic rings. The molecule has 154 valence electrons. The summed E-state index contributed by atoms with van der Waals surface area (Å²) in [5.41, 5.74) is 1.17. The van der Waals surface area contributed by atoms with Crippen molar-refractivity contribution < 1.29 is 19.0 Å². The second-order valence-corrected chi connectivity index (χ2v) is 7.91. The van der Waals surface area contributed by atoms with Gasteiger partial charge in [0.25, 0.3) is 0 Å². The standard InChI is InChI=1S/C18H21N5O4S2/c1-23(2)18-22-16-15(29-18)17(20-9-19-16)28-8-13(24)21-10-6-11(25-3)14(27-5)12(7-10)26-4/h6-7,9H,8H2,1-5H3,(H,21,24). The Bertz CT molecular complexity index is 1000. The summed E-state index contributed by atoms with van der Waals surface area (Å²) in [7, 11) is 8.41. The summed E-state index contributed by atoms with van der Waals surface area (Å²) in [6, 6.07) is 3.36. The van der Waals surface area contributed by atoms with Crippen molar-refractivity contribution in [3.8, 4) is 17.2 Å². The Morgan fingerprint density at radius 3 is 2.41 bits per heavy atom. The number of ether oxygens (including phenoxy) is 3. The van der Waals surface area contributed by atoms with Crippen LogP contribution in [0, 0.1) is 0 Å². The van der Waals surface area contributed by atoms with Crippen molar-refractivity contribution in [3.63, 3.8) is 0 Å². The molecule has 11 heteroatoms. The number of hydrogen-bond acceptors (Lipinski definition) is 10. The highest BCUT2D eigenvalue weighted by Gasteiger charge is 2.16. The molecule has 3 rings (SSSR count). The number of fused-ring (bicyclic) bond motifs is 1. The average Bonchev–Trinajstić information content (AvgIpc) is 3.16. The van der Waals surface area contributed by atoms with E-state index in [0.717, 1.165) is 14.9 Å². The van der Waals surface area contributed by atoms with Gasteiger partial charge >= 0.3 is 0 Å². The molecule has 0 atom stereocenters. The number of carbonyl (C=O) groups is 1. The normalized spacial score (nSPS) is 10.7. The van der Waals surface area contributed by atoms with Crippen LogP contribution in [0.15, 0.2) is 23.5 Å². The molecule has 1 N–H and O–H groups in total. The van der Waals surface area contributed by atoms with Gasteiger partial charge in [-0.05, 0) is 0 Å². The Hall–Kier alpha value is -2.79. The second-order valence-electron chi connectivity index (χ2n) is 5.97. The molecule has 2 heterocycles. The third-order valence-electron chi connectivity index (χ3n) is 3.82. The fraction of sp³-hybridized carbons (Fsp3) is 0.333. The SMILES string of the molecule is COc1cc(NC(=O)CSc2ncnc3nc(N(C)C)sc23)cc(OC)c1OC. The van der Waals surface area contributed by atoms with Crippen LogP contribution >= 0.6 is 23.1 Å². The number of hydrogen-bond donors (Lipinski definition) is 1. The van der Waals surface area contributed by atoms with Crippen molar-refractivity contribution in [1.82, 2.24) is 15.0 Å². The van der Waals surface area contributed by atoms with Gasteiger partial charge in [-0.2, -0.15) is 4.98 Å². The predicted octanol–water partition coefficient (Wildman–Crippen LogP) is 2.91. The molecule has 29 heavy (non-hydrogen) atoms. The van der Waals surface area contributed by atoms with Crippen molar-refractivity contribution in [1.29, 1.82) is 0 Å². The molecule has 0 aliphatic heterocycles. The molecule has 0 fully saturated rings. The van der Waals surface area contributed by atoms with Gasteiger partial charge in [0.1, 0.15) is 16.1 Å². The van der Waals surface area contributed by atoms with Gasteiger partial charge in [-0.3, -0.25) is 4.79 Å². The lowest BCUT2D eigenvalue weighted by Gasteiger charge is -2.14. The highest BCUT2D eigenvalue weighted by atomic mass is 32.2. The monoisotopic (exact) mass is 435 g/mol. The van der Waals surface area contributed by atoms with Gasteiger partial charge in [0.15, 0.2) is 22.3 Å². The van der Waals surface area contributed by atoms with E-state index < -0.39 is 0 Å². The van der Waals surface area contributed by atoms with Crippen molar-refractivity contribution >= 4 is 50.2 Å². The number of carbonyl (C=O) groups excluding carboxylic acids is 1. The van der Waals surface area contributed by atoms with Gasteiger partial charge < -0.3 is 24.4 Å². The van der Waals surface area contributed by atoms with Crippen LogP contribution in [-0.2, 0) is 4.79 Å². The van der Waals surface area contributed by atoms with Gasteiger partial charge in [-0.25, -0.2) is 9.97 Å². The molecule has 0 radical (unpaired) electrons. The molecule has 0 saturated heterocycles. The van der Waals surface area contributed by atoms with Crippen LogP contribution in [-0.4, -0.2) is 62.0 Å². The minimum atomic E-state index is -0.187. The predicted molar refractivity (Wildman–Crippen MR) is 115 cm³/mol. The van der Waals surface area contributed by atoms with E-state index in [9.17, 15) is 4.79 Å². The first-order valence-electron chi connectivity index (χ1n) is 8.48. The fourth-order valence-electron chi connectivity index (χ4n) is 2.50. The van der Waals surface area contributed by atoms with Crippen LogP contribution in [0.4, 0.5) is 10.8 Å². The Morgan fingerprint density at radius 1 is 1.14 bits per heavy atom. The zero-order chi connectivity index (χ0) is 21.0. The second kappa shape index (κ2) is 9.14. The molecule has 3 aromatic rings. The summed E-state index contributed by atoms with van der Waals surface area (Å²) in [6.07, 6.45) is 1.46. The van der Waals surface area contributed by atoms with E-state index in [4.69, 9.17) is 14.2 Å². The van der Waals surface area contributed by atoms with Gasteiger partial charge in [0.2, 0.25) is 11.7 Å². The summed E-state index contributed by atoms with van der Waals surface area (Å²) in [5.74, 6) is 1.39. The van der Waals surface area contributed by atoms with Gasteiger partial charge in [0.05, 0.1) is 27.1 Å². The Kier molecular flexibility index (Phi) is 6.60. The minimum Gasteiger partial charge on any atom is -0.493 e. The molecule has 0 aliphatic carbocycles. The third-order valence-corrected chi connectivity index (χ3v) is 6.16. The number of anilines is 2. The summed E-state index contributed by atoms with van der Waals surface area (Å²) < 4.78 is 16.8. The maximum absolute atomic E-state index is 12.5. The first kappa shape index (κ1) is 20.9. The van der Waals surface area contributed by atoms with E-state index in [1.54, 1.807) is 12.1 Å². The lowest BCUT2D eigenvalue weighted by Crippen LogP contribution is -2.14. The van der Waals surface area contributed by atoms with Gasteiger partial charge in [-0.15, -0.1) is 0 Å². The number of thiazole rings is 1. The number of amides is 1. The zero-order valence-corrected chi connectivity index (χ0v) is 18.3. The van der Waals surface area contributed by atoms with Gasteiger partial charge in [-0.1, -0.05) is 23.1 Å². The smallest absolute Gasteiger partial charge is 0.234 e. The molecule has 9 nitrogen and oxygen atoms in total. The van der Waals surface area contributed by atoms with Crippen molar-refractivity contribution in [2.24, 2.45) is 0 Å². The average molecular weight is 436 g/mol. The van der Waals surface area contributed by atoms with Crippen molar-refractivity contribution in [2.45, 2.75) is 5.03 Å². The quantitative estimate of drug-likeness (QED) is 0.423. The molecule has 0 saturated carbocycles. The topological polar surface area (TPSA) is 98.7 Å². The Morgan fingerprint density at radius 2 is 1.83 bits per heavy atom. The lowest BCUT2D eigenvalue weighted by molar-refractivity contribution is -0.113. The molecule has 1 amide bonds. The minimum absolute atomic E-state index is 0.179. The molecule has 2 aromatic heterocycles. The maximum atomic E-state index is 12.5. The summed E-state index contributed by atoms with van der Waals surface area (Å²) in [6.45, 7) is 0. The first-order chi connectivity index (χ1) is 14.0. The van der Waals surface area contributed by atoms with E-state index in [1.807, 2.05) is 19.0 Å². The fourth-order valence-corrected chi connectivity index (χ4v) is 4.31. The number of rotatable bonds is 8. The molecular weight excluding hydrogens is 414 g/mol. The molecule has 1 aromatic carbocycles. The zero-order valence-electron chi connectivity index (χ0n) is 16.7. The number of benzene rings is 1. The highest BCUT2D eigenvalue weighted by molar-refractivity contribution is 8.00. The van der Waals surface area contributed by atoms with Crippen LogP contribution in [0.25, 0.3) is 10.3 Å². The van der Waals surface area contributed by atoms with Crippen LogP contribution in [0.5, 0.6) is 17.2 Å².